The van der Waals surface area contributed by atoms with E-state index in [-0.39, 0.29) is 16.4 Å². The van der Waals surface area contributed by atoms with E-state index in [0.29, 0.717) is 0 Å². The van der Waals surface area contributed by atoms with Crippen LogP contribution >= 0.6 is 11.6 Å². The molecule has 86 valence electrons. The van der Waals surface area contributed by atoms with Gasteiger partial charge in [-0.3, -0.25) is 4.79 Å². The molecule has 0 aromatic carbocycles. The number of carbonyl (C=O) groups excluding carboxylic acids is 1. The maximum absolute atomic E-state index is 11.2. The fourth-order valence-corrected chi connectivity index (χ4v) is 3.75. The minimum Gasteiger partial charge on any atom is -0.459 e. The van der Waals surface area contributed by atoms with Gasteiger partial charge in [0.1, 0.15) is 5.60 Å². The molecular weight excluding hydrogens is 212 g/mol. The summed E-state index contributed by atoms with van der Waals surface area (Å²) in [5.41, 5.74) is -0.234. The van der Waals surface area contributed by atoms with Gasteiger partial charge in [-0.2, -0.15) is 0 Å². The van der Waals surface area contributed by atoms with Crippen molar-refractivity contribution >= 4 is 17.6 Å². The molecule has 0 spiro atoms. The van der Waals surface area contributed by atoms with Gasteiger partial charge in [0.05, 0.1) is 0 Å². The van der Waals surface area contributed by atoms with E-state index in [4.69, 9.17) is 16.3 Å². The Bertz CT molecular complexity index is 266. The van der Waals surface area contributed by atoms with Gasteiger partial charge in [0.25, 0.3) is 0 Å². The van der Waals surface area contributed by atoms with E-state index >= 15 is 0 Å². The number of fused-ring (bicyclic) bond motifs is 2. The summed E-state index contributed by atoms with van der Waals surface area (Å²) >= 11 is 6.59. The summed E-state index contributed by atoms with van der Waals surface area (Å²) in [6.07, 6.45) is 8.43. The summed E-state index contributed by atoms with van der Waals surface area (Å²) in [5.74, 6) is -0.155. The number of hydrogen-bond acceptors (Lipinski definition) is 2. The first-order chi connectivity index (χ1) is 7.04. The molecule has 0 heterocycles. The minimum atomic E-state index is -0.234. The molecule has 2 atom stereocenters. The van der Waals surface area contributed by atoms with E-state index < -0.39 is 0 Å². The monoisotopic (exact) mass is 230 g/mol. The minimum absolute atomic E-state index is 0.0931. The van der Waals surface area contributed by atoms with Crippen molar-refractivity contribution in [3.8, 4) is 0 Å². The maximum Gasteiger partial charge on any atom is 0.303 e. The van der Waals surface area contributed by atoms with Crippen molar-refractivity contribution in [1.82, 2.24) is 0 Å². The largest absolute Gasteiger partial charge is 0.459 e. The van der Waals surface area contributed by atoms with Crippen molar-refractivity contribution in [2.45, 2.75) is 68.8 Å². The SMILES string of the molecule is CC(=O)OC12CCCCC(Cl)(CCC1)C2. The predicted molar refractivity (Wildman–Crippen MR) is 60.0 cm³/mol. The third kappa shape index (κ3) is 2.47. The van der Waals surface area contributed by atoms with Crippen LogP contribution in [0, 0.1) is 0 Å². The second-order valence-corrected chi connectivity index (χ2v) is 5.97. The lowest BCUT2D eigenvalue weighted by Gasteiger charge is -2.42. The van der Waals surface area contributed by atoms with Gasteiger partial charge in [0, 0.05) is 18.2 Å². The third-order valence-electron chi connectivity index (χ3n) is 3.76. The molecule has 2 aliphatic carbocycles. The molecule has 0 amide bonds. The smallest absolute Gasteiger partial charge is 0.303 e. The van der Waals surface area contributed by atoms with Gasteiger partial charge < -0.3 is 4.74 Å². The summed E-state index contributed by atoms with van der Waals surface area (Å²) in [5, 5.41) is 0. The first kappa shape index (κ1) is 11.3. The van der Waals surface area contributed by atoms with Gasteiger partial charge >= 0.3 is 5.97 Å². The Balaban J connectivity index is 2.17. The number of carbonyl (C=O) groups is 1. The Morgan fingerprint density at radius 1 is 1.13 bits per heavy atom. The zero-order chi connectivity index (χ0) is 10.9. The highest BCUT2D eigenvalue weighted by Crippen LogP contribution is 2.49. The molecule has 0 saturated heterocycles. The highest BCUT2D eigenvalue weighted by atomic mass is 35.5. The molecule has 2 nitrogen and oxygen atoms in total. The fraction of sp³-hybridized carbons (Fsp3) is 0.917. The second kappa shape index (κ2) is 3.97. The molecule has 0 radical (unpaired) electrons. The molecule has 15 heavy (non-hydrogen) atoms. The fourth-order valence-electron chi connectivity index (χ4n) is 3.24. The van der Waals surface area contributed by atoms with Crippen molar-refractivity contribution in [2.75, 3.05) is 0 Å². The summed E-state index contributed by atoms with van der Waals surface area (Å²) in [4.78, 5) is 11.1. The molecular formula is C12H19ClO2. The van der Waals surface area contributed by atoms with Gasteiger partial charge in [-0.05, 0) is 38.5 Å². The number of ether oxygens (including phenoxy) is 1. The van der Waals surface area contributed by atoms with Crippen LogP contribution < -0.4 is 0 Å². The first-order valence-corrected chi connectivity index (χ1v) is 6.30. The average Bonchev–Trinajstić information content (AvgIpc) is 2.21. The van der Waals surface area contributed by atoms with Crippen molar-refractivity contribution in [3.63, 3.8) is 0 Å². The van der Waals surface area contributed by atoms with Gasteiger partial charge in [0.15, 0.2) is 0 Å². The molecule has 0 N–H and O–H groups in total. The third-order valence-corrected chi connectivity index (χ3v) is 4.28. The Labute approximate surface area is 96.3 Å². The van der Waals surface area contributed by atoms with Crippen LogP contribution in [0.2, 0.25) is 0 Å². The average molecular weight is 231 g/mol. The zero-order valence-corrected chi connectivity index (χ0v) is 10.1. The Morgan fingerprint density at radius 2 is 1.73 bits per heavy atom. The highest BCUT2D eigenvalue weighted by molar-refractivity contribution is 6.24. The van der Waals surface area contributed by atoms with Crippen LogP contribution in [0.1, 0.15) is 58.3 Å². The lowest BCUT2D eigenvalue weighted by atomic mass is 9.76. The number of rotatable bonds is 1. The van der Waals surface area contributed by atoms with E-state index in [2.05, 4.69) is 0 Å². The van der Waals surface area contributed by atoms with Gasteiger partial charge in [-0.1, -0.05) is 6.42 Å². The molecule has 2 saturated carbocycles. The number of halogens is 1. The molecule has 0 aromatic heterocycles. The topological polar surface area (TPSA) is 26.3 Å². The Morgan fingerprint density at radius 3 is 2.47 bits per heavy atom. The lowest BCUT2D eigenvalue weighted by Crippen LogP contribution is -2.44. The molecule has 2 bridgehead atoms. The lowest BCUT2D eigenvalue weighted by molar-refractivity contribution is -0.162. The van der Waals surface area contributed by atoms with Crippen molar-refractivity contribution in [3.05, 3.63) is 0 Å². The molecule has 3 heteroatoms. The van der Waals surface area contributed by atoms with E-state index in [9.17, 15) is 4.79 Å². The molecule has 2 unspecified atom stereocenters. The van der Waals surface area contributed by atoms with Crippen LogP contribution in [0.25, 0.3) is 0 Å². The van der Waals surface area contributed by atoms with Crippen LogP contribution in [0.15, 0.2) is 0 Å². The summed E-state index contributed by atoms with van der Waals surface area (Å²) in [7, 11) is 0. The highest BCUT2D eigenvalue weighted by Gasteiger charge is 2.47. The van der Waals surface area contributed by atoms with Crippen molar-refractivity contribution in [2.24, 2.45) is 0 Å². The van der Waals surface area contributed by atoms with Gasteiger partial charge in [-0.15, -0.1) is 11.6 Å². The summed E-state index contributed by atoms with van der Waals surface area (Å²) < 4.78 is 5.57. The van der Waals surface area contributed by atoms with Crippen LogP contribution in [0.5, 0.6) is 0 Å². The molecule has 2 fully saturated rings. The Hall–Kier alpha value is -0.240. The van der Waals surface area contributed by atoms with Crippen LogP contribution in [0.4, 0.5) is 0 Å². The Kier molecular flexibility index (Phi) is 2.98. The molecule has 2 aliphatic rings. The van der Waals surface area contributed by atoms with Crippen LogP contribution in [-0.4, -0.2) is 16.4 Å². The summed E-state index contributed by atoms with van der Waals surface area (Å²) in [6.45, 7) is 1.50. The van der Waals surface area contributed by atoms with E-state index in [0.717, 1.165) is 44.9 Å². The van der Waals surface area contributed by atoms with E-state index in [1.165, 1.54) is 13.3 Å². The van der Waals surface area contributed by atoms with E-state index in [1.807, 2.05) is 0 Å². The van der Waals surface area contributed by atoms with Crippen LogP contribution in [0.3, 0.4) is 0 Å². The normalized spacial score (nSPS) is 40.7. The van der Waals surface area contributed by atoms with E-state index in [1.54, 1.807) is 0 Å². The predicted octanol–water partition coefficient (Wildman–Crippen LogP) is 3.41. The number of hydrogen-bond donors (Lipinski definition) is 0. The molecule has 0 aliphatic heterocycles. The second-order valence-electron chi connectivity index (χ2n) is 5.16. The van der Waals surface area contributed by atoms with Crippen LogP contribution in [-0.2, 0) is 9.53 Å². The molecule has 0 aromatic rings. The first-order valence-electron chi connectivity index (χ1n) is 5.92. The van der Waals surface area contributed by atoms with Gasteiger partial charge in [-0.25, -0.2) is 0 Å². The summed E-state index contributed by atoms with van der Waals surface area (Å²) in [6, 6.07) is 0. The van der Waals surface area contributed by atoms with Crippen molar-refractivity contribution in [1.29, 1.82) is 0 Å². The number of alkyl halides is 1. The van der Waals surface area contributed by atoms with Crippen molar-refractivity contribution < 1.29 is 9.53 Å². The van der Waals surface area contributed by atoms with Gasteiger partial charge in [0.2, 0.25) is 0 Å². The maximum atomic E-state index is 11.2. The zero-order valence-electron chi connectivity index (χ0n) is 9.35. The standard InChI is InChI=1S/C12H19ClO2/c1-10(14)15-12-7-3-2-5-11(13,9-12)6-4-8-12/h2-9H2,1H3. The molecule has 2 rings (SSSR count). The quantitative estimate of drug-likeness (QED) is 0.510. The number of esters is 1.